The van der Waals surface area contributed by atoms with Crippen LogP contribution in [0.25, 0.3) is 0 Å². The lowest BCUT2D eigenvalue weighted by Gasteiger charge is -2.44. The summed E-state index contributed by atoms with van der Waals surface area (Å²) < 4.78 is 9.27. The zero-order chi connectivity index (χ0) is 27.6. The summed E-state index contributed by atoms with van der Waals surface area (Å²) >= 11 is 2.92. The van der Waals surface area contributed by atoms with E-state index in [9.17, 15) is 24.0 Å². The topological polar surface area (TPSA) is 148 Å². The Morgan fingerprint density at radius 1 is 1.00 bits per heavy atom. The summed E-state index contributed by atoms with van der Waals surface area (Å²) in [6.07, 6.45) is 0.395. The first-order valence-corrected chi connectivity index (χ1v) is 14.0. The maximum atomic E-state index is 13.0. The summed E-state index contributed by atoms with van der Waals surface area (Å²) in [5.74, 6) is -2.35. The van der Waals surface area contributed by atoms with E-state index in [1.165, 1.54) is 21.6 Å². The highest BCUT2D eigenvalue weighted by Crippen LogP contribution is 2.52. The van der Waals surface area contributed by atoms with Gasteiger partial charge in [0.25, 0.3) is 0 Å². The van der Waals surface area contributed by atoms with Gasteiger partial charge in [-0.1, -0.05) is 30.3 Å². The molecule has 0 aromatic heterocycles. The SMILES string of the molecule is CC1(C)S[C@@H]2[C@H](NC(=O)C(N)c3ccccc3)C(=O)N2[C@H]1C(=O)OCOC(=O)[C@@H]1N2C(=O)C[C@H]2SC1(C)C. The van der Waals surface area contributed by atoms with Gasteiger partial charge in [0.05, 0.1) is 11.8 Å². The van der Waals surface area contributed by atoms with Crippen molar-refractivity contribution in [3.63, 3.8) is 0 Å². The van der Waals surface area contributed by atoms with Crippen LogP contribution in [-0.2, 0) is 33.4 Å². The van der Waals surface area contributed by atoms with Crippen molar-refractivity contribution in [2.24, 2.45) is 5.73 Å². The van der Waals surface area contributed by atoms with Crippen LogP contribution in [0.15, 0.2) is 30.3 Å². The molecule has 3 amide bonds. The van der Waals surface area contributed by atoms with Gasteiger partial charge in [-0.15, -0.1) is 23.5 Å². The lowest BCUT2D eigenvalue weighted by Crippen LogP contribution is -2.71. The fraction of sp³-hybridized carbons (Fsp3) is 0.560. The van der Waals surface area contributed by atoms with E-state index in [0.717, 1.165) is 0 Å². The minimum Gasteiger partial charge on any atom is -0.426 e. The van der Waals surface area contributed by atoms with E-state index in [1.807, 2.05) is 33.8 Å². The van der Waals surface area contributed by atoms with Crippen molar-refractivity contribution in [3.05, 3.63) is 35.9 Å². The number of β-lactam (4-membered cyclic amide) rings is 2. The molecule has 0 spiro atoms. The van der Waals surface area contributed by atoms with Crippen molar-refractivity contribution in [2.45, 2.75) is 78.5 Å². The number of fused-ring (bicyclic) bond motifs is 2. The standard InChI is InChI=1S/C25H30N4O7S2/c1-24(2)17(28-13(30)10-14(28)37-24)22(33)35-11-36-23(34)18-25(3,4)38-21-16(20(32)29(18)21)27-19(31)15(26)12-8-6-5-7-9-12/h5-9,14-18,21H,10-11,26H2,1-4H3,(H,27,31)/t14-,15?,16-,17+,18+,21-/m1/s1. The number of hydrogen-bond acceptors (Lipinski definition) is 10. The number of esters is 2. The Morgan fingerprint density at radius 3 is 2.18 bits per heavy atom. The molecular weight excluding hydrogens is 532 g/mol. The summed E-state index contributed by atoms with van der Waals surface area (Å²) in [7, 11) is 0. The van der Waals surface area contributed by atoms with Crippen molar-refractivity contribution >= 4 is 53.2 Å². The average Bonchev–Trinajstić information content (AvgIpc) is 3.25. The molecule has 0 radical (unpaired) electrons. The molecule has 13 heteroatoms. The molecule has 0 aliphatic carbocycles. The van der Waals surface area contributed by atoms with E-state index < -0.39 is 69.6 Å². The number of carbonyl (C=O) groups is 5. The van der Waals surface area contributed by atoms with Gasteiger partial charge in [0, 0.05) is 9.49 Å². The first kappa shape index (κ1) is 26.8. The summed E-state index contributed by atoms with van der Waals surface area (Å²) in [5, 5.41) is 2.21. The number of benzene rings is 1. The molecule has 4 saturated heterocycles. The summed E-state index contributed by atoms with van der Waals surface area (Å²) in [5.41, 5.74) is 6.69. The van der Waals surface area contributed by atoms with E-state index in [1.54, 1.807) is 36.0 Å². The molecule has 4 heterocycles. The van der Waals surface area contributed by atoms with Gasteiger partial charge in [-0.25, -0.2) is 9.59 Å². The summed E-state index contributed by atoms with van der Waals surface area (Å²) in [6, 6.07) is 5.39. The minimum absolute atomic E-state index is 0.0426. The maximum absolute atomic E-state index is 13.0. The van der Waals surface area contributed by atoms with Gasteiger partial charge in [-0.05, 0) is 33.3 Å². The van der Waals surface area contributed by atoms with Gasteiger partial charge < -0.3 is 30.3 Å². The highest BCUT2D eigenvalue weighted by Gasteiger charge is 2.65. The monoisotopic (exact) mass is 562 g/mol. The first-order valence-electron chi connectivity index (χ1n) is 12.3. The second kappa shape index (κ2) is 9.45. The number of ether oxygens (including phenoxy) is 2. The first-order chi connectivity index (χ1) is 17.8. The smallest absolute Gasteiger partial charge is 0.333 e. The third-order valence-corrected chi connectivity index (χ3v) is 10.4. The van der Waals surface area contributed by atoms with E-state index in [-0.39, 0.29) is 11.3 Å². The van der Waals surface area contributed by atoms with Crippen molar-refractivity contribution < 1.29 is 33.4 Å². The number of thioether (sulfide) groups is 2. The number of nitrogens with one attached hydrogen (secondary N) is 1. The van der Waals surface area contributed by atoms with Crippen LogP contribution in [0.4, 0.5) is 0 Å². The van der Waals surface area contributed by atoms with Crippen LogP contribution in [0.1, 0.15) is 45.7 Å². The third kappa shape index (κ3) is 4.34. The van der Waals surface area contributed by atoms with Gasteiger partial charge in [0.2, 0.25) is 24.5 Å². The number of carbonyl (C=O) groups excluding carboxylic acids is 5. The van der Waals surface area contributed by atoms with E-state index in [0.29, 0.717) is 12.0 Å². The molecule has 0 bridgehead atoms. The number of nitrogens with two attached hydrogens (primary N) is 1. The largest absolute Gasteiger partial charge is 0.426 e. The van der Waals surface area contributed by atoms with E-state index >= 15 is 0 Å². The Labute approximate surface area is 228 Å². The molecule has 204 valence electrons. The maximum Gasteiger partial charge on any atom is 0.333 e. The number of hydrogen-bond donors (Lipinski definition) is 2. The lowest BCUT2D eigenvalue weighted by molar-refractivity contribution is -0.181. The quantitative estimate of drug-likeness (QED) is 0.277. The van der Waals surface area contributed by atoms with Crippen molar-refractivity contribution in [3.8, 4) is 0 Å². The zero-order valence-electron chi connectivity index (χ0n) is 21.4. The molecule has 4 aliphatic rings. The Hall–Kier alpha value is -2.77. The second-order valence-electron chi connectivity index (χ2n) is 10.8. The fourth-order valence-electron chi connectivity index (χ4n) is 5.44. The van der Waals surface area contributed by atoms with Crippen molar-refractivity contribution in [1.82, 2.24) is 15.1 Å². The van der Waals surface area contributed by atoms with Crippen LogP contribution >= 0.6 is 23.5 Å². The molecule has 6 atom stereocenters. The molecule has 5 rings (SSSR count). The van der Waals surface area contributed by atoms with Gasteiger partial charge in [0.15, 0.2) is 0 Å². The van der Waals surface area contributed by atoms with E-state index in [2.05, 4.69) is 5.32 Å². The molecule has 1 aromatic rings. The number of nitrogens with zero attached hydrogens (tertiary/aromatic N) is 2. The molecule has 1 unspecified atom stereocenters. The molecule has 38 heavy (non-hydrogen) atoms. The summed E-state index contributed by atoms with van der Waals surface area (Å²) in [6.45, 7) is 6.74. The number of amides is 3. The number of rotatable bonds is 7. The molecule has 4 aliphatic heterocycles. The molecule has 0 saturated carbocycles. The van der Waals surface area contributed by atoms with Crippen LogP contribution in [-0.4, -0.2) is 84.6 Å². The molecule has 11 nitrogen and oxygen atoms in total. The van der Waals surface area contributed by atoms with Gasteiger partial charge in [-0.3, -0.25) is 14.4 Å². The van der Waals surface area contributed by atoms with Crippen molar-refractivity contribution in [1.29, 1.82) is 0 Å². The van der Waals surface area contributed by atoms with Gasteiger partial charge >= 0.3 is 11.9 Å². The molecule has 4 fully saturated rings. The zero-order valence-corrected chi connectivity index (χ0v) is 23.0. The third-order valence-electron chi connectivity index (χ3n) is 7.35. The van der Waals surface area contributed by atoms with Gasteiger partial charge in [-0.2, -0.15) is 0 Å². The summed E-state index contributed by atoms with van der Waals surface area (Å²) in [4.78, 5) is 66.4. The van der Waals surface area contributed by atoms with Crippen LogP contribution in [0.2, 0.25) is 0 Å². The second-order valence-corrected chi connectivity index (χ2v) is 14.4. The molecule has 1 aromatic carbocycles. The van der Waals surface area contributed by atoms with Crippen LogP contribution in [0.5, 0.6) is 0 Å². The Bertz CT molecular complexity index is 1190. The van der Waals surface area contributed by atoms with Crippen LogP contribution in [0, 0.1) is 0 Å². The highest BCUT2D eigenvalue weighted by molar-refractivity contribution is 8.02. The molecule has 3 N–H and O–H groups in total. The Balaban J connectivity index is 1.17. The van der Waals surface area contributed by atoms with Crippen molar-refractivity contribution in [2.75, 3.05) is 6.79 Å². The van der Waals surface area contributed by atoms with E-state index in [4.69, 9.17) is 15.2 Å². The normalized spacial score (nSPS) is 30.9. The van der Waals surface area contributed by atoms with Crippen LogP contribution < -0.4 is 11.1 Å². The predicted molar refractivity (Wildman–Crippen MR) is 139 cm³/mol. The Morgan fingerprint density at radius 2 is 1.58 bits per heavy atom. The minimum atomic E-state index is -0.932. The van der Waals surface area contributed by atoms with Crippen LogP contribution in [0.3, 0.4) is 0 Å². The highest BCUT2D eigenvalue weighted by atomic mass is 32.2. The lowest BCUT2D eigenvalue weighted by atomic mass is 9.95. The van der Waals surface area contributed by atoms with Gasteiger partial charge in [0.1, 0.15) is 29.5 Å². The average molecular weight is 563 g/mol. The molecular formula is C25H30N4O7S2. The fourth-order valence-corrected chi connectivity index (χ4v) is 8.68. The predicted octanol–water partition coefficient (Wildman–Crippen LogP) is 0.730. The Kier molecular flexibility index (Phi) is 6.67.